The van der Waals surface area contributed by atoms with Crippen LogP contribution in [-0.2, 0) is 21.3 Å². The first-order valence-electron chi connectivity index (χ1n) is 7.19. The lowest BCUT2D eigenvalue weighted by Gasteiger charge is -2.07. The minimum atomic E-state index is -1.24. The molecule has 4 nitrogen and oxygen atoms in total. The molecule has 2 aromatic carbocycles. The summed E-state index contributed by atoms with van der Waals surface area (Å²) in [7, 11) is -1.24. The Balaban J connectivity index is 1.83. The van der Waals surface area contributed by atoms with E-state index in [9.17, 15) is 9.00 Å². The van der Waals surface area contributed by atoms with Crippen LogP contribution in [0.3, 0.4) is 0 Å². The molecule has 2 aromatic rings. The highest BCUT2D eigenvalue weighted by Gasteiger charge is 2.09. The van der Waals surface area contributed by atoms with E-state index in [4.69, 9.17) is 4.74 Å². The molecule has 6 heteroatoms. The SMILES string of the molecule is CCOc1ccc(NC(=O)CS(=O)Cc2ccc(Br)cc2)cc1. The van der Waals surface area contributed by atoms with E-state index < -0.39 is 10.8 Å². The van der Waals surface area contributed by atoms with Gasteiger partial charge in [0.25, 0.3) is 0 Å². The average Bonchev–Trinajstić information content (AvgIpc) is 2.51. The third kappa shape index (κ3) is 6.15. The highest BCUT2D eigenvalue weighted by molar-refractivity contribution is 9.10. The molecule has 0 aliphatic rings. The molecule has 2 rings (SSSR count). The van der Waals surface area contributed by atoms with Crippen molar-refractivity contribution < 1.29 is 13.7 Å². The second-order valence-corrected chi connectivity index (χ2v) is 7.23. The second-order valence-electron chi connectivity index (χ2n) is 4.86. The molecular weight excluding hydrogens is 378 g/mol. The number of ether oxygens (including phenoxy) is 1. The number of halogens is 1. The van der Waals surface area contributed by atoms with Crippen molar-refractivity contribution in [3.63, 3.8) is 0 Å². The molecule has 0 aliphatic carbocycles. The lowest BCUT2D eigenvalue weighted by atomic mass is 10.2. The molecular formula is C17H18BrNO3S. The summed E-state index contributed by atoms with van der Waals surface area (Å²) in [5.74, 6) is 0.835. The lowest BCUT2D eigenvalue weighted by Crippen LogP contribution is -2.20. The fourth-order valence-corrected chi connectivity index (χ4v) is 3.26. The van der Waals surface area contributed by atoms with Gasteiger partial charge in [-0.3, -0.25) is 9.00 Å². The molecule has 0 aromatic heterocycles. The number of carbonyl (C=O) groups excluding carboxylic acids is 1. The van der Waals surface area contributed by atoms with Gasteiger partial charge in [0.15, 0.2) is 0 Å². The van der Waals surface area contributed by atoms with E-state index in [1.807, 2.05) is 31.2 Å². The van der Waals surface area contributed by atoms with Gasteiger partial charge in [-0.2, -0.15) is 0 Å². The smallest absolute Gasteiger partial charge is 0.237 e. The largest absolute Gasteiger partial charge is 0.494 e. The Bertz CT molecular complexity index is 671. The van der Waals surface area contributed by atoms with Crippen molar-refractivity contribution in [2.45, 2.75) is 12.7 Å². The summed E-state index contributed by atoms with van der Waals surface area (Å²) < 4.78 is 18.4. The minimum absolute atomic E-state index is 0.0245. The van der Waals surface area contributed by atoms with E-state index in [0.29, 0.717) is 18.0 Å². The predicted molar refractivity (Wildman–Crippen MR) is 97.1 cm³/mol. The monoisotopic (exact) mass is 395 g/mol. The van der Waals surface area contributed by atoms with E-state index in [0.717, 1.165) is 15.8 Å². The summed E-state index contributed by atoms with van der Waals surface area (Å²) in [5, 5.41) is 2.74. The highest BCUT2D eigenvalue weighted by Crippen LogP contribution is 2.16. The van der Waals surface area contributed by atoms with E-state index in [1.165, 1.54) is 0 Å². The van der Waals surface area contributed by atoms with Crippen molar-refractivity contribution in [3.8, 4) is 5.75 Å². The summed E-state index contributed by atoms with van der Waals surface area (Å²) in [5.41, 5.74) is 1.61. The van der Waals surface area contributed by atoms with E-state index in [-0.39, 0.29) is 11.7 Å². The summed E-state index contributed by atoms with van der Waals surface area (Å²) >= 11 is 3.35. The highest BCUT2D eigenvalue weighted by atomic mass is 79.9. The molecule has 0 saturated carbocycles. The van der Waals surface area contributed by atoms with Crippen LogP contribution in [0.2, 0.25) is 0 Å². The molecule has 122 valence electrons. The number of anilines is 1. The maximum absolute atomic E-state index is 12.1. The summed E-state index contributed by atoms with van der Waals surface area (Å²) in [6.07, 6.45) is 0. The first-order valence-corrected chi connectivity index (χ1v) is 9.47. The number of rotatable bonds is 7. The van der Waals surface area contributed by atoms with Gasteiger partial charge >= 0.3 is 0 Å². The first kappa shape index (κ1) is 17.7. The second kappa shape index (κ2) is 8.84. The molecule has 0 bridgehead atoms. The van der Waals surface area contributed by atoms with Crippen molar-refractivity contribution in [2.24, 2.45) is 0 Å². The van der Waals surface area contributed by atoms with Crippen LogP contribution in [0.1, 0.15) is 12.5 Å². The van der Waals surface area contributed by atoms with Crippen molar-refractivity contribution in [2.75, 3.05) is 17.7 Å². The maximum Gasteiger partial charge on any atom is 0.237 e. The normalized spacial score (nSPS) is 11.7. The maximum atomic E-state index is 12.1. The van der Waals surface area contributed by atoms with Gasteiger partial charge in [0, 0.05) is 26.7 Å². The molecule has 1 unspecified atom stereocenters. The fourth-order valence-electron chi connectivity index (χ4n) is 1.96. The zero-order valence-corrected chi connectivity index (χ0v) is 15.2. The molecule has 1 atom stereocenters. The summed E-state index contributed by atoms with van der Waals surface area (Å²) in [6, 6.07) is 14.7. The number of nitrogens with one attached hydrogen (secondary N) is 1. The van der Waals surface area contributed by atoms with Crippen LogP contribution in [0.4, 0.5) is 5.69 Å². The van der Waals surface area contributed by atoms with Crippen LogP contribution < -0.4 is 10.1 Å². The van der Waals surface area contributed by atoms with Gasteiger partial charge in [-0.15, -0.1) is 0 Å². The number of carbonyl (C=O) groups is 1. The molecule has 0 aliphatic heterocycles. The van der Waals surface area contributed by atoms with E-state index >= 15 is 0 Å². The zero-order valence-electron chi connectivity index (χ0n) is 12.8. The Morgan fingerprint density at radius 2 is 1.78 bits per heavy atom. The summed E-state index contributed by atoms with van der Waals surface area (Å²) in [6.45, 7) is 2.51. The van der Waals surface area contributed by atoms with Gasteiger partial charge in [0.2, 0.25) is 5.91 Å². The summed E-state index contributed by atoms with van der Waals surface area (Å²) in [4.78, 5) is 11.9. The van der Waals surface area contributed by atoms with Gasteiger partial charge in [-0.25, -0.2) is 0 Å². The molecule has 0 heterocycles. The van der Waals surface area contributed by atoms with Crippen LogP contribution in [0.15, 0.2) is 53.0 Å². The molecule has 1 N–H and O–H groups in total. The van der Waals surface area contributed by atoms with E-state index in [1.54, 1.807) is 24.3 Å². The number of hydrogen-bond acceptors (Lipinski definition) is 3. The standard InChI is InChI=1S/C17H18BrNO3S/c1-2-22-16-9-7-15(8-10-16)19-17(20)12-23(21)11-13-3-5-14(18)6-4-13/h3-10H,2,11-12H2,1H3,(H,19,20). The molecule has 1 amide bonds. The average molecular weight is 396 g/mol. The van der Waals surface area contributed by atoms with Crippen LogP contribution in [0.5, 0.6) is 5.75 Å². The number of hydrogen-bond donors (Lipinski definition) is 1. The van der Waals surface area contributed by atoms with Crippen molar-refractivity contribution in [1.29, 1.82) is 0 Å². The third-order valence-corrected chi connectivity index (χ3v) is 4.75. The molecule has 0 radical (unpaired) electrons. The van der Waals surface area contributed by atoms with Crippen LogP contribution in [0.25, 0.3) is 0 Å². The fraction of sp³-hybridized carbons (Fsp3) is 0.235. The van der Waals surface area contributed by atoms with Crippen molar-refractivity contribution in [3.05, 3.63) is 58.6 Å². The van der Waals surface area contributed by atoms with E-state index in [2.05, 4.69) is 21.2 Å². The molecule has 23 heavy (non-hydrogen) atoms. The number of amides is 1. The van der Waals surface area contributed by atoms with Crippen LogP contribution >= 0.6 is 15.9 Å². The minimum Gasteiger partial charge on any atom is -0.494 e. The Labute approximate surface area is 146 Å². The van der Waals surface area contributed by atoms with Gasteiger partial charge in [-0.05, 0) is 48.9 Å². The number of benzene rings is 2. The predicted octanol–water partition coefficient (Wildman–Crippen LogP) is 3.74. The Hall–Kier alpha value is -1.66. The van der Waals surface area contributed by atoms with Crippen LogP contribution in [-0.4, -0.2) is 22.5 Å². The molecule has 0 fully saturated rings. The van der Waals surface area contributed by atoms with Crippen molar-refractivity contribution in [1.82, 2.24) is 0 Å². The Kier molecular flexibility index (Phi) is 6.80. The molecule has 0 saturated heterocycles. The van der Waals surface area contributed by atoms with Crippen LogP contribution in [0, 0.1) is 0 Å². The van der Waals surface area contributed by atoms with Gasteiger partial charge in [0.05, 0.1) is 6.61 Å². The zero-order chi connectivity index (χ0) is 16.7. The van der Waals surface area contributed by atoms with Gasteiger partial charge in [-0.1, -0.05) is 28.1 Å². The van der Waals surface area contributed by atoms with Gasteiger partial charge in [0.1, 0.15) is 11.5 Å². The first-order chi connectivity index (χ1) is 11.1. The quantitative estimate of drug-likeness (QED) is 0.776. The topological polar surface area (TPSA) is 55.4 Å². The van der Waals surface area contributed by atoms with Crippen molar-refractivity contribution >= 4 is 38.3 Å². The Morgan fingerprint density at radius 1 is 1.13 bits per heavy atom. The van der Waals surface area contributed by atoms with Gasteiger partial charge < -0.3 is 10.1 Å². The third-order valence-electron chi connectivity index (χ3n) is 2.98. The lowest BCUT2D eigenvalue weighted by molar-refractivity contribution is -0.113. The molecule has 0 spiro atoms. The Morgan fingerprint density at radius 3 is 2.39 bits per heavy atom.